The molecule has 0 radical (unpaired) electrons. The maximum Gasteiger partial charge on any atom is 0.340 e. The zero-order chi connectivity index (χ0) is 16.4. The quantitative estimate of drug-likeness (QED) is 0.835. The molecule has 21 heavy (non-hydrogen) atoms. The van der Waals surface area contributed by atoms with E-state index in [1.807, 2.05) is 0 Å². The highest BCUT2D eigenvalue weighted by Crippen LogP contribution is 2.30. The van der Waals surface area contributed by atoms with Crippen LogP contribution in [0.2, 0.25) is 0 Å². The summed E-state index contributed by atoms with van der Waals surface area (Å²) in [6.45, 7) is 6.87. The van der Waals surface area contributed by atoms with Crippen LogP contribution >= 0.6 is 0 Å². The van der Waals surface area contributed by atoms with E-state index in [4.69, 9.17) is 5.73 Å². The van der Waals surface area contributed by atoms with Gasteiger partial charge in [-0.2, -0.15) is 0 Å². The molecule has 0 aliphatic carbocycles. The van der Waals surface area contributed by atoms with Gasteiger partial charge in [0.1, 0.15) is 5.82 Å². The summed E-state index contributed by atoms with van der Waals surface area (Å²) in [4.78, 5) is 24.0. The monoisotopic (exact) mass is 296 g/mol. The molecule has 1 aromatic rings. The molecule has 0 fully saturated rings. The molecule has 1 aromatic carbocycles. The Bertz CT molecular complexity index is 563. The van der Waals surface area contributed by atoms with E-state index in [1.54, 1.807) is 27.7 Å². The molecule has 0 atom stereocenters. The Morgan fingerprint density at radius 3 is 2.29 bits per heavy atom. The van der Waals surface area contributed by atoms with Crippen LogP contribution in [0.4, 0.5) is 10.1 Å². The van der Waals surface area contributed by atoms with Crippen molar-refractivity contribution in [2.24, 2.45) is 11.1 Å². The van der Waals surface area contributed by atoms with Crippen molar-refractivity contribution in [2.75, 3.05) is 12.4 Å². The Balaban J connectivity index is 3.14. The van der Waals surface area contributed by atoms with Gasteiger partial charge in [0.25, 0.3) is 0 Å². The molecule has 0 spiro atoms. The molecule has 0 unspecified atom stereocenters. The lowest BCUT2D eigenvalue weighted by Gasteiger charge is -2.37. The third-order valence-corrected chi connectivity index (χ3v) is 3.81. The number of nitrogens with two attached hydrogens (primary N) is 1. The van der Waals surface area contributed by atoms with Gasteiger partial charge in [-0.05, 0) is 45.9 Å². The van der Waals surface area contributed by atoms with Crippen molar-refractivity contribution in [1.29, 1.82) is 0 Å². The minimum Gasteiger partial charge on any atom is -0.465 e. The van der Waals surface area contributed by atoms with E-state index in [9.17, 15) is 14.0 Å². The van der Waals surface area contributed by atoms with Crippen molar-refractivity contribution in [3.63, 3.8) is 0 Å². The van der Waals surface area contributed by atoms with Crippen molar-refractivity contribution in [3.05, 3.63) is 29.6 Å². The Hall–Kier alpha value is -1.95. The Morgan fingerprint density at radius 1 is 1.24 bits per heavy atom. The number of carbonyl (C=O) groups excluding carboxylic acids is 2. The molecular formula is C15H21FN2O3. The van der Waals surface area contributed by atoms with Crippen LogP contribution in [0, 0.1) is 11.2 Å². The first-order valence-electron chi connectivity index (χ1n) is 6.49. The molecule has 1 amide bonds. The smallest absolute Gasteiger partial charge is 0.340 e. The normalized spacial score (nSPS) is 12.0. The number of halogens is 1. The predicted octanol–water partition coefficient (Wildman–Crippen LogP) is 2.31. The van der Waals surface area contributed by atoms with Gasteiger partial charge in [0.15, 0.2) is 0 Å². The maximum atomic E-state index is 13.3. The summed E-state index contributed by atoms with van der Waals surface area (Å²) in [6.07, 6.45) is 0. The Kier molecular flexibility index (Phi) is 4.73. The number of esters is 1. The lowest BCUT2D eigenvalue weighted by molar-refractivity contribution is -0.126. The fourth-order valence-electron chi connectivity index (χ4n) is 1.48. The van der Waals surface area contributed by atoms with Gasteiger partial charge in [-0.3, -0.25) is 4.79 Å². The van der Waals surface area contributed by atoms with Crippen LogP contribution in [0.3, 0.4) is 0 Å². The second-order valence-electron chi connectivity index (χ2n) is 5.98. The molecule has 3 N–H and O–H groups in total. The fourth-order valence-corrected chi connectivity index (χ4v) is 1.48. The summed E-state index contributed by atoms with van der Waals surface area (Å²) in [5.41, 5.74) is 4.47. The van der Waals surface area contributed by atoms with Gasteiger partial charge in [0.05, 0.1) is 23.8 Å². The minimum atomic E-state index is -0.894. The van der Waals surface area contributed by atoms with Crippen LogP contribution in [-0.4, -0.2) is 24.5 Å². The SMILES string of the molecule is COC(=O)c1cc(F)ccc1NC(=O)C(C)(C)C(C)(C)N. The standard InChI is InChI=1S/C15H21FN2O3/c1-14(2,15(3,4)17)13(20)18-11-7-6-9(16)8-10(11)12(19)21-5/h6-8H,17H2,1-5H3,(H,18,20). The largest absolute Gasteiger partial charge is 0.465 e. The van der Waals surface area contributed by atoms with E-state index in [0.29, 0.717) is 0 Å². The second kappa shape index (κ2) is 5.81. The second-order valence-corrected chi connectivity index (χ2v) is 5.98. The Labute approximate surface area is 123 Å². The number of nitrogens with one attached hydrogen (secondary N) is 1. The van der Waals surface area contributed by atoms with Gasteiger partial charge in [-0.25, -0.2) is 9.18 Å². The zero-order valence-electron chi connectivity index (χ0n) is 12.9. The van der Waals surface area contributed by atoms with Crippen LogP contribution < -0.4 is 11.1 Å². The van der Waals surface area contributed by atoms with Crippen LogP contribution in [-0.2, 0) is 9.53 Å². The molecular weight excluding hydrogens is 275 g/mol. The molecule has 0 heterocycles. The Morgan fingerprint density at radius 2 is 1.81 bits per heavy atom. The van der Waals surface area contributed by atoms with Gasteiger partial charge >= 0.3 is 5.97 Å². The third kappa shape index (κ3) is 3.58. The number of amides is 1. The molecule has 0 aliphatic rings. The number of anilines is 1. The first-order valence-corrected chi connectivity index (χ1v) is 6.49. The summed E-state index contributed by atoms with van der Waals surface area (Å²) >= 11 is 0. The molecule has 5 nitrogen and oxygen atoms in total. The number of rotatable bonds is 4. The number of hydrogen-bond acceptors (Lipinski definition) is 4. The highest BCUT2D eigenvalue weighted by Gasteiger charge is 2.40. The van der Waals surface area contributed by atoms with E-state index in [0.717, 1.165) is 12.1 Å². The summed E-state index contributed by atoms with van der Waals surface area (Å²) in [5, 5.41) is 2.61. The molecule has 1 rings (SSSR count). The van der Waals surface area contributed by atoms with Crippen LogP contribution in [0.15, 0.2) is 18.2 Å². The molecule has 0 aliphatic heterocycles. The highest BCUT2D eigenvalue weighted by atomic mass is 19.1. The van der Waals surface area contributed by atoms with Crippen molar-refractivity contribution in [3.8, 4) is 0 Å². The lowest BCUT2D eigenvalue weighted by atomic mass is 9.74. The fraction of sp³-hybridized carbons (Fsp3) is 0.467. The van der Waals surface area contributed by atoms with Crippen molar-refractivity contribution in [1.82, 2.24) is 0 Å². The average Bonchev–Trinajstić information content (AvgIpc) is 2.38. The summed E-state index contributed by atoms with van der Waals surface area (Å²) in [6, 6.07) is 3.49. The first-order chi connectivity index (χ1) is 9.50. The van der Waals surface area contributed by atoms with Crippen molar-refractivity contribution < 1.29 is 18.7 Å². The molecule has 116 valence electrons. The molecule has 0 aromatic heterocycles. The average molecular weight is 296 g/mol. The molecule has 0 saturated carbocycles. The van der Waals surface area contributed by atoms with Gasteiger partial charge in [0.2, 0.25) is 5.91 Å². The van der Waals surface area contributed by atoms with Crippen LogP contribution in [0.25, 0.3) is 0 Å². The van der Waals surface area contributed by atoms with E-state index in [1.165, 1.54) is 13.2 Å². The summed E-state index contributed by atoms with van der Waals surface area (Å²) in [7, 11) is 1.19. The third-order valence-electron chi connectivity index (χ3n) is 3.81. The first kappa shape index (κ1) is 17.1. The number of benzene rings is 1. The van der Waals surface area contributed by atoms with Gasteiger partial charge < -0.3 is 15.8 Å². The predicted molar refractivity (Wildman–Crippen MR) is 78.4 cm³/mol. The maximum absolute atomic E-state index is 13.3. The minimum absolute atomic E-state index is 0.0449. The zero-order valence-corrected chi connectivity index (χ0v) is 12.9. The van der Waals surface area contributed by atoms with E-state index in [-0.39, 0.29) is 17.2 Å². The molecule has 0 bridgehead atoms. The lowest BCUT2D eigenvalue weighted by Crippen LogP contribution is -2.53. The number of carbonyl (C=O) groups is 2. The summed E-state index contributed by atoms with van der Waals surface area (Å²) in [5.74, 6) is -1.69. The topological polar surface area (TPSA) is 81.4 Å². The molecule has 6 heteroatoms. The highest BCUT2D eigenvalue weighted by molar-refractivity contribution is 6.03. The van der Waals surface area contributed by atoms with Gasteiger partial charge in [0, 0.05) is 5.54 Å². The summed E-state index contributed by atoms with van der Waals surface area (Å²) < 4.78 is 17.8. The van der Waals surface area contributed by atoms with Crippen molar-refractivity contribution >= 4 is 17.6 Å². The number of hydrogen-bond donors (Lipinski definition) is 2. The van der Waals surface area contributed by atoms with Gasteiger partial charge in [-0.1, -0.05) is 0 Å². The van der Waals surface area contributed by atoms with E-state index < -0.39 is 22.7 Å². The van der Waals surface area contributed by atoms with Crippen molar-refractivity contribution in [2.45, 2.75) is 33.2 Å². The van der Waals surface area contributed by atoms with E-state index >= 15 is 0 Å². The van der Waals surface area contributed by atoms with E-state index in [2.05, 4.69) is 10.1 Å². The van der Waals surface area contributed by atoms with Gasteiger partial charge in [-0.15, -0.1) is 0 Å². The number of ether oxygens (including phenoxy) is 1. The molecule has 0 saturated heterocycles. The van der Waals surface area contributed by atoms with Crippen LogP contribution in [0.1, 0.15) is 38.1 Å². The number of methoxy groups -OCH3 is 1. The van der Waals surface area contributed by atoms with Crippen LogP contribution in [0.5, 0.6) is 0 Å².